The molecule has 0 saturated carbocycles. The van der Waals surface area contributed by atoms with E-state index in [1.807, 2.05) is 36.4 Å². The molecule has 1 fully saturated rings. The van der Waals surface area contributed by atoms with Gasteiger partial charge in [-0.25, -0.2) is 0 Å². The summed E-state index contributed by atoms with van der Waals surface area (Å²) in [6.45, 7) is 11.4. The van der Waals surface area contributed by atoms with Gasteiger partial charge in [0.15, 0.2) is 11.5 Å². The molecule has 190 valence electrons. The van der Waals surface area contributed by atoms with E-state index in [1.165, 1.54) is 11.1 Å². The van der Waals surface area contributed by atoms with E-state index in [9.17, 15) is 0 Å². The van der Waals surface area contributed by atoms with Crippen molar-refractivity contribution in [2.45, 2.75) is 58.7 Å². The maximum atomic E-state index is 6.26. The van der Waals surface area contributed by atoms with Crippen LogP contribution in [0, 0.1) is 6.92 Å². The summed E-state index contributed by atoms with van der Waals surface area (Å²) in [5.74, 6) is 2.25. The summed E-state index contributed by atoms with van der Waals surface area (Å²) < 4.78 is 30.3. The Bertz CT molecular complexity index is 1160. The van der Waals surface area contributed by atoms with Gasteiger partial charge >= 0.3 is 7.12 Å². The third-order valence-electron chi connectivity index (χ3n) is 7.01. The molecular formula is C30H37BO5. The lowest BCUT2D eigenvalue weighted by atomic mass is 9.79. The molecule has 3 aromatic carbocycles. The van der Waals surface area contributed by atoms with Crippen LogP contribution in [0.15, 0.2) is 66.7 Å². The topological polar surface area (TPSA) is 46.2 Å². The van der Waals surface area contributed by atoms with Crippen LogP contribution in [0.25, 0.3) is 0 Å². The maximum absolute atomic E-state index is 6.26. The Balaban J connectivity index is 1.48. The van der Waals surface area contributed by atoms with Gasteiger partial charge in [0.1, 0.15) is 5.75 Å². The van der Waals surface area contributed by atoms with Crippen molar-refractivity contribution in [2.24, 2.45) is 0 Å². The van der Waals surface area contributed by atoms with Crippen LogP contribution in [0.3, 0.4) is 0 Å². The van der Waals surface area contributed by atoms with Crippen LogP contribution >= 0.6 is 0 Å². The van der Waals surface area contributed by atoms with Gasteiger partial charge in [-0.1, -0.05) is 48.0 Å². The lowest BCUT2D eigenvalue weighted by Gasteiger charge is -2.32. The molecule has 6 heteroatoms. The minimum Gasteiger partial charge on any atom is -0.497 e. The van der Waals surface area contributed by atoms with E-state index in [-0.39, 0.29) is 0 Å². The number of rotatable bonds is 10. The van der Waals surface area contributed by atoms with Gasteiger partial charge < -0.3 is 23.5 Å². The Morgan fingerprint density at radius 3 is 1.97 bits per heavy atom. The van der Waals surface area contributed by atoms with E-state index < -0.39 is 18.3 Å². The molecule has 0 aromatic heterocycles. The normalized spacial score (nSPS) is 16.1. The lowest BCUT2D eigenvalue weighted by Crippen LogP contribution is -2.41. The molecule has 0 aliphatic carbocycles. The molecule has 1 saturated heterocycles. The zero-order valence-corrected chi connectivity index (χ0v) is 22.3. The highest BCUT2D eigenvalue weighted by Crippen LogP contribution is 2.37. The van der Waals surface area contributed by atoms with Gasteiger partial charge in [0.05, 0.1) is 31.5 Å². The Kier molecular flexibility index (Phi) is 7.96. The van der Waals surface area contributed by atoms with Gasteiger partial charge in [-0.05, 0) is 75.5 Å². The first-order valence-electron chi connectivity index (χ1n) is 12.6. The largest absolute Gasteiger partial charge is 0.497 e. The molecule has 0 atom stereocenters. The summed E-state index contributed by atoms with van der Waals surface area (Å²) in [6, 6.07) is 22.5. The highest BCUT2D eigenvalue weighted by Gasteiger charge is 2.51. The van der Waals surface area contributed by atoms with Gasteiger partial charge in [0.25, 0.3) is 0 Å². The molecule has 0 N–H and O–H groups in total. The first-order valence-corrected chi connectivity index (χ1v) is 12.6. The molecule has 1 aliphatic heterocycles. The zero-order valence-electron chi connectivity index (χ0n) is 22.3. The number of aryl methyl sites for hydroxylation is 1. The van der Waals surface area contributed by atoms with Gasteiger partial charge in [-0.3, -0.25) is 0 Å². The molecule has 4 rings (SSSR count). The summed E-state index contributed by atoms with van der Waals surface area (Å²) in [4.78, 5) is 0. The Hall–Kier alpha value is -2.96. The second kappa shape index (κ2) is 11.0. The van der Waals surface area contributed by atoms with Crippen LogP contribution in [-0.4, -0.2) is 38.6 Å². The molecule has 5 nitrogen and oxygen atoms in total. The standard InChI is InChI=1S/C30H37BO5/c1-22-9-7-10-23(19-22)15-17-33-27-14-13-25(31-35-29(2,3)30(4,5)36-31)21-28(27)34-18-16-24-11-8-12-26(20-24)32-6/h7-14,19-21H,15-18H2,1-6H3. The van der Waals surface area contributed by atoms with E-state index in [1.54, 1.807) is 7.11 Å². The zero-order chi connectivity index (χ0) is 25.8. The number of benzene rings is 3. The van der Waals surface area contributed by atoms with Crippen LogP contribution in [-0.2, 0) is 22.2 Å². The van der Waals surface area contributed by atoms with Crippen molar-refractivity contribution in [3.63, 3.8) is 0 Å². The molecule has 1 aliphatic rings. The summed E-state index contributed by atoms with van der Waals surface area (Å²) in [5.41, 5.74) is 3.75. The van der Waals surface area contributed by atoms with Crippen LogP contribution in [0.1, 0.15) is 44.4 Å². The van der Waals surface area contributed by atoms with Crippen molar-refractivity contribution in [3.05, 3.63) is 83.4 Å². The van der Waals surface area contributed by atoms with Crippen LogP contribution < -0.4 is 19.7 Å². The van der Waals surface area contributed by atoms with Gasteiger partial charge in [0.2, 0.25) is 0 Å². The predicted molar refractivity (Wildman–Crippen MR) is 145 cm³/mol. The smallest absolute Gasteiger partial charge is 0.494 e. The fraction of sp³-hybridized carbons (Fsp3) is 0.400. The Morgan fingerprint density at radius 1 is 0.722 bits per heavy atom. The average Bonchev–Trinajstić information content (AvgIpc) is 3.06. The molecule has 36 heavy (non-hydrogen) atoms. The molecule has 0 unspecified atom stereocenters. The fourth-order valence-electron chi connectivity index (χ4n) is 4.14. The Morgan fingerprint density at radius 2 is 1.33 bits per heavy atom. The van der Waals surface area contributed by atoms with E-state index in [4.69, 9.17) is 23.5 Å². The third-order valence-corrected chi connectivity index (χ3v) is 7.01. The number of hydrogen-bond acceptors (Lipinski definition) is 5. The van der Waals surface area contributed by atoms with Gasteiger partial charge in [-0.2, -0.15) is 0 Å². The van der Waals surface area contributed by atoms with Crippen molar-refractivity contribution >= 4 is 12.6 Å². The predicted octanol–water partition coefficient (Wildman–Crippen LogP) is 5.55. The molecule has 0 amide bonds. The molecule has 0 spiro atoms. The van der Waals surface area contributed by atoms with Crippen molar-refractivity contribution in [1.82, 2.24) is 0 Å². The van der Waals surface area contributed by atoms with Gasteiger partial charge in [-0.15, -0.1) is 0 Å². The highest BCUT2D eigenvalue weighted by molar-refractivity contribution is 6.62. The summed E-state index contributed by atoms with van der Waals surface area (Å²) in [5, 5.41) is 0. The minimum atomic E-state index is -0.461. The maximum Gasteiger partial charge on any atom is 0.494 e. The van der Waals surface area contributed by atoms with Crippen molar-refractivity contribution in [2.75, 3.05) is 20.3 Å². The highest BCUT2D eigenvalue weighted by atomic mass is 16.7. The Labute approximate surface area is 215 Å². The second-order valence-corrected chi connectivity index (χ2v) is 10.3. The van der Waals surface area contributed by atoms with Crippen molar-refractivity contribution in [3.8, 4) is 17.2 Å². The monoisotopic (exact) mass is 488 g/mol. The average molecular weight is 488 g/mol. The van der Waals surface area contributed by atoms with Crippen LogP contribution in [0.2, 0.25) is 0 Å². The van der Waals surface area contributed by atoms with E-state index in [2.05, 4.69) is 65.0 Å². The first kappa shape index (κ1) is 26.1. The van der Waals surface area contributed by atoms with E-state index in [0.29, 0.717) is 24.7 Å². The number of methoxy groups -OCH3 is 1. The SMILES string of the molecule is COc1cccc(CCOc2cc(B3OC(C)(C)C(C)(C)O3)ccc2OCCc2cccc(C)c2)c1. The minimum absolute atomic E-state index is 0.409. The van der Waals surface area contributed by atoms with E-state index >= 15 is 0 Å². The van der Waals surface area contributed by atoms with Crippen LogP contribution in [0.4, 0.5) is 0 Å². The summed E-state index contributed by atoms with van der Waals surface area (Å²) >= 11 is 0. The summed E-state index contributed by atoms with van der Waals surface area (Å²) in [7, 11) is 1.22. The fourth-order valence-corrected chi connectivity index (χ4v) is 4.14. The number of hydrogen-bond donors (Lipinski definition) is 0. The van der Waals surface area contributed by atoms with Crippen LogP contribution in [0.5, 0.6) is 17.2 Å². The molecule has 0 bridgehead atoms. The quantitative estimate of drug-likeness (QED) is 0.351. The lowest BCUT2D eigenvalue weighted by molar-refractivity contribution is 0.00578. The molecule has 1 heterocycles. The molecular weight excluding hydrogens is 451 g/mol. The molecule has 0 radical (unpaired) electrons. The van der Waals surface area contributed by atoms with Crippen molar-refractivity contribution in [1.29, 1.82) is 0 Å². The van der Waals surface area contributed by atoms with Gasteiger partial charge in [0, 0.05) is 12.8 Å². The second-order valence-electron chi connectivity index (χ2n) is 10.3. The number of ether oxygens (including phenoxy) is 3. The van der Waals surface area contributed by atoms with Crippen molar-refractivity contribution < 1.29 is 23.5 Å². The summed E-state index contributed by atoms with van der Waals surface area (Å²) in [6.07, 6.45) is 1.57. The third kappa shape index (κ3) is 6.23. The van der Waals surface area contributed by atoms with E-state index in [0.717, 1.165) is 29.6 Å². The first-order chi connectivity index (χ1) is 17.2. The molecule has 3 aromatic rings.